The van der Waals surface area contributed by atoms with Gasteiger partial charge in [0.25, 0.3) is 0 Å². The third-order valence-corrected chi connectivity index (χ3v) is 6.39. The highest BCUT2D eigenvalue weighted by atomic mass is 32.2. The highest BCUT2D eigenvalue weighted by molar-refractivity contribution is 8.00. The molecule has 0 bridgehead atoms. The zero-order chi connectivity index (χ0) is 19.7. The fourth-order valence-electron chi connectivity index (χ4n) is 3.29. The molecule has 2 aromatic carbocycles. The Balaban J connectivity index is 1.56. The van der Waals surface area contributed by atoms with Gasteiger partial charge in [0, 0.05) is 11.5 Å². The number of hydrogen-bond donors (Lipinski definition) is 0. The number of nitrogens with zero attached hydrogens (tertiary/aromatic N) is 3. The lowest BCUT2D eigenvalue weighted by Gasteiger charge is -2.14. The van der Waals surface area contributed by atoms with E-state index in [2.05, 4.69) is 46.0 Å². The minimum absolute atomic E-state index is 0.135. The lowest BCUT2D eigenvalue weighted by Crippen LogP contribution is -2.15. The van der Waals surface area contributed by atoms with Crippen LogP contribution in [0.4, 0.5) is 0 Å². The second kappa shape index (κ2) is 7.92. The first-order valence-electron chi connectivity index (χ1n) is 9.78. The summed E-state index contributed by atoms with van der Waals surface area (Å²) in [6, 6.07) is 16.3. The number of benzene rings is 2. The third kappa shape index (κ3) is 4.04. The van der Waals surface area contributed by atoms with Crippen LogP contribution in [0.3, 0.4) is 0 Å². The summed E-state index contributed by atoms with van der Waals surface area (Å²) in [6.45, 7) is 6.81. The van der Waals surface area contributed by atoms with E-state index in [9.17, 15) is 4.79 Å². The summed E-state index contributed by atoms with van der Waals surface area (Å²) in [4.78, 5) is 13.0. The number of aromatic nitrogens is 3. The van der Waals surface area contributed by atoms with Crippen LogP contribution < -0.4 is 0 Å². The lowest BCUT2D eigenvalue weighted by atomic mass is 10.0. The minimum atomic E-state index is -0.215. The Hall–Kier alpha value is -2.40. The Morgan fingerprint density at radius 2 is 1.86 bits per heavy atom. The highest BCUT2D eigenvalue weighted by Crippen LogP contribution is 2.40. The molecule has 1 saturated carbocycles. The molecule has 28 heavy (non-hydrogen) atoms. The molecular weight excluding hydrogens is 366 g/mol. The number of ketones is 1. The van der Waals surface area contributed by atoms with E-state index in [0.29, 0.717) is 5.92 Å². The average molecular weight is 392 g/mol. The van der Waals surface area contributed by atoms with Crippen LogP contribution >= 0.6 is 11.8 Å². The van der Waals surface area contributed by atoms with E-state index in [1.165, 1.54) is 35.7 Å². The number of aryl methyl sites for hydroxylation is 2. The summed E-state index contributed by atoms with van der Waals surface area (Å²) < 4.78 is 2.20. The van der Waals surface area contributed by atoms with Crippen molar-refractivity contribution in [3.8, 4) is 0 Å². The summed E-state index contributed by atoms with van der Waals surface area (Å²) in [5, 5.41) is 9.53. The van der Waals surface area contributed by atoms with Crippen molar-refractivity contribution >= 4 is 17.5 Å². The highest BCUT2D eigenvalue weighted by Gasteiger charge is 2.31. The quantitative estimate of drug-likeness (QED) is 0.411. The van der Waals surface area contributed by atoms with Crippen LogP contribution in [0.25, 0.3) is 0 Å². The van der Waals surface area contributed by atoms with Gasteiger partial charge >= 0.3 is 0 Å². The number of carbonyl (C=O) groups excluding carboxylic acids is 1. The van der Waals surface area contributed by atoms with Gasteiger partial charge < -0.3 is 4.57 Å². The second-order valence-electron chi connectivity index (χ2n) is 7.61. The van der Waals surface area contributed by atoms with Gasteiger partial charge in [0.05, 0.1) is 11.8 Å². The van der Waals surface area contributed by atoms with E-state index in [-0.39, 0.29) is 11.0 Å². The number of hydrogen-bond acceptors (Lipinski definition) is 4. The van der Waals surface area contributed by atoms with Gasteiger partial charge in [-0.25, -0.2) is 0 Å². The first-order valence-corrected chi connectivity index (χ1v) is 10.7. The van der Waals surface area contributed by atoms with Crippen molar-refractivity contribution in [3.05, 3.63) is 76.6 Å². The maximum atomic E-state index is 13.0. The monoisotopic (exact) mass is 391 g/mol. The molecule has 1 aromatic heterocycles. The third-order valence-electron chi connectivity index (χ3n) is 5.31. The SMILES string of the molecule is Cc1ccc(C(=O)[C@@H](C)Sc2nnc(C3CC3)n2Cc2ccccc2)cc1C. The first kappa shape index (κ1) is 18.9. The van der Waals surface area contributed by atoms with Crippen molar-refractivity contribution in [2.75, 3.05) is 0 Å². The van der Waals surface area contributed by atoms with Crippen LogP contribution in [0, 0.1) is 13.8 Å². The van der Waals surface area contributed by atoms with E-state index in [0.717, 1.165) is 28.7 Å². The van der Waals surface area contributed by atoms with Gasteiger partial charge in [0.1, 0.15) is 5.82 Å². The molecule has 1 atom stereocenters. The molecule has 1 fully saturated rings. The molecule has 1 aliphatic carbocycles. The fraction of sp³-hybridized carbons (Fsp3) is 0.348. The number of carbonyl (C=O) groups is 1. The van der Waals surface area contributed by atoms with Crippen molar-refractivity contribution in [2.45, 2.75) is 56.5 Å². The van der Waals surface area contributed by atoms with E-state index in [1.54, 1.807) is 0 Å². The molecule has 0 N–H and O–H groups in total. The van der Waals surface area contributed by atoms with Gasteiger partial charge in [-0.1, -0.05) is 54.2 Å². The second-order valence-corrected chi connectivity index (χ2v) is 8.92. The molecule has 4 rings (SSSR count). The normalized spacial score (nSPS) is 14.8. The largest absolute Gasteiger partial charge is 0.301 e. The summed E-state index contributed by atoms with van der Waals surface area (Å²) in [6.07, 6.45) is 2.35. The van der Waals surface area contributed by atoms with Crippen molar-refractivity contribution < 1.29 is 4.79 Å². The van der Waals surface area contributed by atoms with E-state index in [4.69, 9.17) is 0 Å². The van der Waals surface area contributed by atoms with Crippen LogP contribution in [-0.4, -0.2) is 25.8 Å². The van der Waals surface area contributed by atoms with Crippen LogP contribution in [0.15, 0.2) is 53.7 Å². The number of thioether (sulfide) groups is 1. The predicted octanol–water partition coefficient (Wildman–Crippen LogP) is 5.18. The maximum Gasteiger partial charge on any atom is 0.192 e. The van der Waals surface area contributed by atoms with Crippen molar-refractivity contribution in [1.82, 2.24) is 14.8 Å². The summed E-state index contributed by atoms with van der Waals surface area (Å²) in [5.41, 5.74) is 4.33. The smallest absolute Gasteiger partial charge is 0.192 e. The van der Waals surface area contributed by atoms with Gasteiger partial charge in [-0.05, 0) is 56.4 Å². The molecule has 4 nitrogen and oxygen atoms in total. The molecule has 0 amide bonds. The average Bonchev–Trinajstić information content (AvgIpc) is 3.47. The van der Waals surface area contributed by atoms with Gasteiger partial charge in [-0.3, -0.25) is 4.79 Å². The van der Waals surface area contributed by atoms with Crippen LogP contribution in [-0.2, 0) is 6.54 Å². The van der Waals surface area contributed by atoms with Crippen LogP contribution in [0.1, 0.15) is 58.6 Å². The van der Waals surface area contributed by atoms with Crippen LogP contribution in [0.5, 0.6) is 0 Å². The predicted molar refractivity (Wildman–Crippen MR) is 113 cm³/mol. The Labute approximate surface area is 170 Å². The summed E-state index contributed by atoms with van der Waals surface area (Å²) >= 11 is 1.51. The molecule has 0 spiro atoms. The van der Waals surface area contributed by atoms with E-state index >= 15 is 0 Å². The van der Waals surface area contributed by atoms with Crippen molar-refractivity contribution in [2.24, 2.45) is 0 Å². The Morgan fingerprint density at radius 3 is 2.54 bits per heavy atom. The zero-order valence-electron chi connectivity index (χ0n) is 16.6. The minimum Gasteiger partial charge on any atom is -0.301 e. The maximum absolute atomic E-state index is 13.0. The first-order chi connectivity index (χ1) is 13.5. The summed E-state index contributed by atoms with van der Waals surface area (Å²) in [7, 11) is 0. The zero-order valence-corrected chi connectivity index (χ0v) is 17.4. The number of rotatable bonds is 7. The molecule has 0 unspecified atom stereocenters. The molecule has 0 radical (unpaired) electrons. The summed E-state index contributed by atoms with van der Waals surface area (Å²) in [5.74, 6) is 1.70. The molecule has 5 heteroatoms. The Kier molecular flexibility index (Phi) is 5.36. The molecule has 1 aliphatic rings. The fourth-order valence-corrected chi connectivity index (χ4v) is 4.22. The molecule has 1 heterocycles. The van der Waals surface area contributed by atoms with E-state index in [1.807, 2.05) is 38.1 Å². The van der Waals surface area contributed by atoms with E-state index < -0.39 is 0 Å². The molecule has 3 aromatic rings. The van der Waals surface area contributed by atoms with Gasteiger partial charge in [0.2, 0.25) is 0 Å². The Morgan fingerprint density at radius 1 is 1.11 bits per heavy atom. The lowest BCUT2D eigenvalue weighted by molar-refractivity contribution is 0.0993. The van der Waals surface area contributed by atoms with Crippen molar-refractivity contribution in [1.29, 1.82) is 0 Å². The molecule has 0 aliphatic heterocycles. The van der Waals surface area contributed by atoms with Gasteiger partial charge in [-0.2, -0.15) is 0 Å². The Bertz CT molecular complexity index is 992. The van der Waals surface area contributed by atoms with Crippen molar-refractivity contribution in [3.63, 3.8) is 0 Å². The van der Waals surface area contributed by atoms with Gasteiger partial charge in [-0.15, -0.1) is 10.2 Å². The van der Waals surface area contributed by atoms with Crippen LogP contribution in [0.2, 0.25) is 0 Å². The standard InChI is InChI=1S/C23H25N3OS/c1-15-9-10-20(13-16(15)2)21(27)17(3)28-23-25-24-22(19-11-12-19)26(23)14-18-7-5-4-6-8-18/h4-10,13,17,19H,11-12,14H2,1-3H3/t17-/m1/s1. The number of Topliss-reactive ketones (excluding diaryl/α,β-unsaturated/α-hetero) is 1. The molecule has 0 saturated heterocycles. The molecular formula is C23H25N3OS. The topological polar surface area (TPSA) is 47.8 Å². The molecule has 144 valence electrons. The van der Waals surface area contributed by atoms with Gasteiger partial charge in [0.15, 0.2) is 10.9 Å².